The van der Waals surface area contributed by atoms with Crippen molar-refractivity contribution in [3.8, 4) is 11.5 Å². The van der Waals surface area contributed by atoms with Gasteiger partial charge in [0.25, 0.3) is 0 Å². The second-order valence-corrected chi connectivity index (χ2v) is 5.65. The predicted molar refractivity (Wildman–Crippen MR) is 97.4 cm³/mol. The van der Waals surface area contributed by atoms with Crippen molar-refractivity contribution in [3.05, 3.63) is 64.4 Å². The summed E-state index contributed by atoms with van der Waals surface area (Å²) < 4.78 is 12.0. The highest BCUT2D eigenvalue weighted by Crippen LogP contribution is 2.27. The molecule has 2 aromatic carbocycles. The molecule has 0 radical (unpaired) electrons. The second-order valence-electron chi connectivity index (χ2n) is 5.65. The molecule has 0 aliphatic heterocycles. The first-order chi connectivity index (χ1) is 12.6. The van der Waals surface area contributed by atoms with E-state index < -0.39 is 0 Å². The summed E-state index contributed by atoms with van der Waals surface area (Å²) in [5.41, 5.74) is 1.34. The maximum atomic E-state index is 12.3. The third-order valence-corrected chi connectivity index (χ3v) is 3.99. The summed E-state index contributed by atoms with van der Waals surface area (Å²) in [5, 5.41) is 7.44. The zero-order valence-corrected chi connectivity index (χ0v) is 14.6. The van der Waals surface area contributed by atoms with Crippen molar-refractivity contribution < 1.29 is 14.3 Å². The van der Waals surface area contributed by atoms with Crippen LogP contribution in [0.1, 0.15) is 5.56 Å². The topological polar surface area (TPSA) is 82.5 Å². The molecular weight excluding hydrogens is 334 g/mol. The number of nitrogens with one attached hydrogen (secondary N) is 1. The number of aromatic nitrogens is 2. The van der Waals surface area contributed by atoms with Gasteiger partial charge in [-0.25, -0.2) is 0 Å². The molecule has 1 amide bonds. The van der Waals surface area contributed by atoms with E-state index in [-0.39, 0.29) is 17.9 Å². The molecule has 0 saturated carbocycles. The number of fused-ring (bicyclic) bond motifs is 1. The van der Waals surface area contributed by atoms with Gasteiger partial charge >= 0.3 is 0 Å². The van der Waals surface area contributed by atoms with Gasteiger partial charge in [0, 0.05) is 11.9 Å². The summed E-state index contributed by atoms with van der Waals surface area (Å²) in [6, 6.07) is 12.5. The molecule has 1 aromatic heterocycles. The van der Waals surface area contributed by atoms with Gasteiger partial charge in [-0.1, -0.05) is 18.2 Å². The van der Waals surface area contributed by atoms with E-state index in [1.165, 1.54) is 10.9 Å². The molecule has 0 fully saturated rings. The number of para-hydroxylation sites is 1. The third kappa shape index (κ3) is 3.66. The average Bonchev–Trinajstić information content (AvgIpc) is 2.68. The number of hydrogen-bond acceptors (Lipinski definition) is 5. The Balaban J connectivity index is 1.70. The summed E-state index contributed by atoms with van der Waals surface area (Å²) in [6.45, 7) is 0.366. The molecule has 7 heteroatoms. The number of methoxy groups -OCH3 is 2. The molecule has 3 rings (SSSR count). The van der Waals surface area contributed by atoms with Crippen LogP contribution in [0, 0.1) is 0 Å². The van der Waals surface area contributed by atoms with Crippen molar-refractivity contribution >= 4 is 16.8 Å². The highest BCUT2D eigenvalue weighted by molar-refractivity contribution is 5.81. The fourth-order valence-electron chi connectivity index (χ4n) is 2.67. The fraction of sp³-hybridized carbons (Fsp3) is 0.211. The van der Waals surface area contributed by atoms with Gasteiger partial charge in [0.05, 0.1) is 25.9 Å². The molecule has 0 bridgehead atoms. The van der Waals surface area contributed by atoms with E-state index >= 15 is 0 Å². The molecule has 0 atom stereocenters. The molecule has 0 saturated heterocycles. The Hall–Kier alpha value is -3.35. The molecule has 7 nitrogen and oxygen atoms in total. The van der Waals surface area contributed by atoms with Crippen molar-refractivity contribution in [1.29, 1.82) is 0 Å². The monoisotopic (exact) mass is 353 g/mol. The van der Waals surface area contributed by atoms with Gasteiger partial charge in [-0.15, -0.1) is 0 Å². The standard InChI is InChI=1S/C19H19N3O4/c1-25-17-8-7-13(9-18(17)26-2)10-20-19(24)12-22-15-6-4-3-5-14(15)16(23)11-21-22/h3-9,11H,10,12H2,1-2H3,(H,20,24). The molecule has 0 aliphatic carbocycles. The van der Waals surface area contributed by atoms with Gasteiger partial charge < -0.3 is 14.8 Å². The molecule has 1 N–H and O–H groups in total. The molecule has 3 aromatic rings. The van der Waals surface area contributed by atoms with Crippen molar-refractivity contribution in [3.63, 3.8) is 0 Å². The van der Waals surface area contributed by atoms with E-state index in [4.69, 9.17) is 9.47 Å². The number of hydrogen-bond donors (Lipinski definition) is 1. The van der Waals surface area contributed by atoms with Crippen molar-refractivity contribution in [2.75, 3.05) is 14.2 Å². The van der Waals surface area contributed by atoms with Crippen molar-refractivity contribution in [2.24, 2.45) is 0 Å². The minimum Gasteiger partial charge on any atom is -0.493 e. The lowest BCUT2D eigenvalue weighted by molar-refractivity contribution is -0.121. The number of carbonyl (C=O) groups is 1. The Morgan fingerprint density at radius 1 is 1.12 bits per heavy atom. The number of benzene rings is 2. The van der Waals surface area contributed by atoms with Crippen molar-refractivity contribution in [2.45, 2.75) is 13.1 Å². The molecule has 0 aliphatic rings. The first kappa shape index (κ1) is 17.5. The van der Waals surface area contributed by atoms with Crippen LogP contribution in [0.25, 0.3) is 10.9 Å². The molecular formula is C19H19N3O4. The third-order valence-electron chi connectivity index (χ3n) is 3.99. The first-order valence-corrected chi connectivity index (χ1v) is 8.05. The van der Waals surface area contributed by atoms with Crippen LogP contribution in [0.3, 0.4) is 0 Å². The maximum Gasteiger partial charge on any atom is 0.242 e. The molecule has 26 heavy (non-hydrogen) atoms. The molecule has 0 spiro atoms. The highest BCUT2D eigenvalue weighted by atomic mass is 16.5. The van der Waals surface area contributed by atoms with E-state index in [2.05, 4.69) is 10.4 Å². The van der Waals surface area contributed by atoms with Gasteiger partial charge in [0.15, 0.2) is 11.5 Å². The second kappa shape index (κ2) is 7.69. The largest absolute Gasteiger partial charge is 0.493 e. The number of rotatable bonds is 6. The first-order valence-electron chi connectivity index (χ1n) is 8.05. The lowest BCUT2D eigenvalue weighted by Crippen LogP contribution is -2.28. The average molecular weight is 353 g/mol. The minimum atomic E-state index is -0.207. The van der Waals surface area contributed by atoms with E-state index in [0.717, 1.165) is 5.56 Å². The number of carbonyl (C=O) groups excluding carboxylic acids is 1. The van der Waals surface area contributed by atoms with Gasteiger partial charge in [-0.05, 0) is 29.8 Å². The van der Waals surface area contributed by atoms with Crippen LogP contribution in [0.4, 0.5) is 0 Å². The zero-order chi connectivity index (χ0) is 18.5. The Morgan fingerprint density at radius 2 is 1.88 bits per heavy atom. The van der Waals surface area contributed by atoms with Crippen molar-refractivity contribution in [1.82, 2.24) is 15.1 Å². The van der Waals surface area contributed by atoms with Crippen LogP contribution in [-0.4, -0.2) is 29.9 Å². The summed E-state index contributed by atoms with van der Waals surface area (Å²) in [6.07, 6.45) is 1.23. The lowest BCUT2D eigenvalue weighted by Gasteiger charge is -2.11. The van der Waals surface area contributed by atoms with Gasteiger partial charge in [-0.3, -0.25) is 14.3 Å². The number of amides is 1. The Bertz CT molecular complexity index is 997. The smallest absolute Gasteiger partial charge is 0.242 e. The number of nitrogens with zero attached hydrogens (tertiary/aromatic N) is 2. The quantitative estimate of drug-likeness (QED) is 0.730. The Kier molecular flexibility index (Phi) is 5.17. The predicted octanol–water partition coefficient (Wildman–Crippen LogP) is 1.73. The highest BCUT2D eigenvalue weighted by Gasteiger charge is 2.09. The Morgan fingerprint density at radius 3 is 2.65 bits per heavy atom. The molecule has 1 heterocycles. The van der Waals surface area contributed by atoms with E-state index in [0.29, 0.717) is 28.9 Å². The summed E-state index contributed by atoms with van der Waals surface area (Å²) in [5.74, 6) is 1.03. The molecule has 0 unspecified atom stereocenters. The van der Waals surface area contributed by atoms with E-state index in [1.807, 2.05) is 18.2 Å². The van der Waals surface area contributed by atoms with Gasteiger partial charge in [-0.2, -0.15) is 5.10 Å². The normalized spacial score (nSPS) is 10.5. The van der Waals surface area contributed by atoms with Crippen LogP contribution in [-0.2, 0) is 17.9 Å². The Labute approximate surface area is 150 Å². The van der Waals surface area contributed by atoms with E-state index in [9.17, 15) is 9.59 Å². The van der Waals surface area contributed by atoms with Crippen LogP contribution in [0.15, 0.2) is 53.5 Å². The fourth-order valence-corrected chi connectivity index (χ4v) is 2.67. The summed E-state index contributed by atoms with van der Waals surface area (Å²) >= 11 is 0. The minimum absolute atomic E-state index is 0.0219. The van der Waals surface area contributed by atoms with Crippen LogP contribution in [0.5, 0.6) is 11.5 Å². The lowest BCUT2D eigenvalue weighted by atomic mass is 10.2. The summed E-state index contributed by atoms with van der Waals surface area (Å²) in [7, 11) is 3.13. The summed E-state index contributed by atoms with van der Waals surface area (Å²) in [4.78, 5) is 24.1. The van der Waals surface area contributed by atoms with Gasteiger partial charge in [0.1, 0.15) is 6.54 Å². The maximum absolute atomic E-state index is 12.3. The van der Waals surface area contributed by atoms with Crippen LogP contribution >= 0.6 is 0 Å². The van der Waals surface area contributed by atoms with Crippen LogP contribution in [0.2, 0.25) is 0 Å². The SMILES string of the molecule is COc1ccc(CNC(=O)Cn2ncc(=O)c3ccccc32)cc1OC. The van der Waals surface area contributed by atoms with Crippen LogP contribution < -0.4 is 20.2 Å². The molecule has 134 valence electrons. The zero-order valence-electron chi connectivity index (χ0n) is 14.6. The van der Waals surface area contributed by atoms with E-state index in [1.54, 1.807) is 38.5 Å². The van der Waals surface area contributed by atoms with Gasteiger partial charge in [0.2, 0.25) is 11.3 Å². The number of ether oxygens (including phenoxy) is 2.